The van der Waals surface area contributed by atoms with Gasteiger partial charge in [-0.2, -0.15) is 23.5 Å². The van der Waals surface area contributed by atoms with Crippen molar-refractivity contribution >= 4 is 5.91 Å². The smallest absolute Gasteiger partial charge is 0.331 e. The van der Waals surface area contributed by atoms with E-state index in [0.717, 1.165) is 6.20 Å². The second kappa shape index (κ2) is 7.48. The molecule has 0 saturated carbocycles. The van der Waals surface area contributed by atoms with Gasteiger partial charge >= 0.3 is 6.18 Å². The van der Waals surface area contributed by atoms with Gasteiger partial charge in [-0.25, -0.2) is 4.39 Å². The number of benzene rings is 2. The number of amides is 1. The molecule has 0 atom stereocenters. The monoisotopic (exact) mass is 443 g/mol. The molecule has 1 aliphatic heterocycles. The number of nitrogens with one attached hydrogen (secondary N) is 1. The Morgan fingerprint density at radius 1 is 1.19 bits per heavy atom. The second-order valence-corrected chi connectivity index (χ2v) is 7.98. The molecular weight excluding hydrogens is 424 g/mol. The fourth-order valence-corrected chi connectivity index (χ4v) is 3.88. The number of alkyl halides is 4. The zero-order chi connectivity index (χ0) is 23.3. The predicted molar refractivity (Wildman–Crippen MR) is 107 cm³/mol. The van der Waals surface area contributed by atoms with Crippen molar-refractivity contribution in [2.75, 3.05) is 13.1 Å². The summed E-state index contributed by atoms with van der Waals surface area (Å²) in [6.45, 7) is 1.31. The minimum Gasteiger partial charge on any atom is -0.331 e. The predicted octanol–water partition coefficient (Wildman–Crippen LogP) is 4.03. The van der Waals surface area contributed by atoms with Crippen LogP contribution in [0.25, 0.3) is 11.3 Å². The summed E-state index contributed by atoms with van der Waals surface area (Å²) in [5, 5.41) is 11.5. The van der Waals surface area contributed by atoms with Gasteiger partial charge in [0.15, 0.2) is 18.3 Å². The molecule has 0 aliphatic carbocycles. The lowest BCUT2D eigenvalue weighted by molar-refractivity contribution is -0.726. The fourth-order valence-electron chi connectivity index (χ4n) is 3.88. The molecule has 164 valence electrons. The molecule has 1 saturated heterocycles. The van der Waals surface area contributed by atoms with Gasteiger partial charge in [0.1, 0.15) is 5.69 Å². The first-order valence-corrected chi connectivity index (χ1v) is 9.77. The number of aromatic amines is 1. The van der Waals surface area contributed by atoms with E-state index in [1.807, 2.05) is 6.07 Å². The number of aromatic nitrogens is 2. The zero-order valence-electron chi connectivity index (χ0n) is 17.3. The molecule has 1 fully saturated rings. The van der Waals surface area contributed by atoms with Crippen LogP contribution in [-0.4, -0.2) is 29.0 Å². The van der Waals surface area contributed by atoms with Crippen LogP contribution in [0.2, 0.25) is 0 Å². The number of hydrogen-bond donors (Lipinski definition) is 1. The summed E-state index contributed by atoms with van der Waals surface area (Å²) in [4.78, 5) is 14.2. The summed E-state index contributed by atoms with van der Waals surface area (Å²) in [6.07, 6.45) is -3.61. The number of hydrogen-bond acceptors (Lipinski definition) is 2. The van der Waals surface area contributed by atoms with Crippen molar-refractivity contribution in [1.29, 1.82) is 5.26 Å². The Bertz CT molecular complexity index is 1230. The van der Waals surface area contributed by atoms with Crippen LogP contribution in [-0.2, 0) is 18.9 Å². The van der Waals surface area contributed by atoms with Gasteiger partial charge in [-0.05, 0) is 42.3 Å². The van der Waals surface area contributed by atoms with Crippen molar-refractivity contribution in [2.24, 2.45) is 7.05 Å². The first-order valence-electron chi connectivity index (χ1n) is 9.77. The first kappa shape index (κ1) is 21.6. The van der Waals surface area contributed by atoms with E-state index < -0.39 is 23.3 Å². The molecule has 9 heteroatoms. The van der Waals surface area contributed by atoms with Gasteiger partial charge in [-0.1, -0.05) is 18.2 Å². The van der Waals surface area contributed by atoms with E-state index in [-0.39, 0.29) is 29.9 Å². The van der Waals surface area contributed by atoms with Gasteiger partial charge in [-0.15, -0.1) is 4.68 Å². The summed E-state index contributed by atoms with van der Waals surface area (Å²) < 4.78 is 56.8. The maximum absolute atomic E-state index is 15.2. The van der Waals surface area contributed by atoms with Gasteiger partial charge in [-0.3, -0.25) is 4.79 Å². The lowest BCUT2D eigenvalue weighted by Gasteiger charge is -2.44. The van der Waals surface area contributed by atoms with Gasteiger partial charge < -0.3 is 4.90 Å². The SMILES string of the molecule is Cc1ccc(C(=O)N2CC(F)(c3ccc(C#N)cc3)C2)cc1-c1[nH][n+](C)cc1C(F)(F)F. The van der Waals surface area contributed by atoms with Crippen molar-refractivity contribution in [2.45, 2.75) is 18.8 Å². The minimum absolute atomic E-state index is 0.131. The number of rotatable bonds is 3. The molecule has 3 aromatic rings. The Kier molecular flexibility index (Phi) is 5.04. The number of aryl methyl sites for hydroxylation is 2. The van der Waals surface area contributed by atoms with Crippen LogP contribution in [0, 0.1) is 18.3 Å². The highest BCUT2D eigenvalue weighted by atomic mass is 19.4. The average Bonchev–Trinajstić information content (AvgIpc) is 3.13. The van der Waals surface area contributed by atoms with E-state index in [4.69, 9.17) is 5.26 Å². The number of nitriles is 1. The molecule has 2 aromatic carbocycles. The van der Waals surface area contributed by atoms with E-state index in [1.54, 1.807) is 13.0 Å². The van der Waals surface area contributed by atoms with Crippen LogP contribution >= 0.6 is 0 Å². The van der Waals surface area contributed by atoms with E-state index in [1.165, 1.54) is 53.0 Å². The van der Waals surface area contributed by atoms with Crippen molar-refractivity contribution in [1.82, 2.24) is 10.00 Å². The lowest BCUT2D eigenvalue weighted by atomic mass is 9.87. The topological polar surface area (TPSA) is 63.8 Å². The quantitative estimate of drug-likeness (QED) is 0.491. The van der Waals surface area contributed by atoms with Crippen LogP contribution in [0.3, 0.4) is 0 Å². The van der Waals surface area contributed by atoms with Gasteiger partial charge in [0, 0.05) is 11.1 Å². The standard InChI is InChI=1S/C23H18F4N4O/c1-14-3-6-16(9-18(14)20-19(23(25,26)27)11-30(2)29-20)21(32)31-12-22(24,13-31)17-7-4-15(10-28)5-8-17/h3-9,11H,12-13H2,1-2H3/p+1. The van der Waals surface area contributed by atoms with Crippen LogP contribution in [0.15, 0.2) is 48.7 Å². The Balaban J connectivity index is 1.59. The molecule has 1 aromatic heterocycles. The number of nitrogens with zero attached hydrogens (tertiary/aromatic N) is 3. The molecule has 1 N–H and O–H groups in total. The van der Waals surface area contributed by atoms with Crippen LogP contribution in [0.1, 0.15) is 32.6 Å². The third-order valence-corrected chi connectivity index (χ3v) is 5.64. The van der Waals surface area contributed by atoms with Crippen molar-refractivity contribution < 1.29 is 27.0 Å². The third-order valence-electron chi connectivity index (χ3n) is 5.64. The van der Waals surface area contributed by atoms with Crippen molar-refractivity contribution in [3.8, 4) is 17.3 Å². The largest absolute Gasteiger partial charge is 0.424 e. The molecule has 0 unspecified atom stereocenters. The molecule has 4 rings (SSSR count). The van der Waals surface area contributed by atoms with E-state index in [0.29, 0.717) is 16.7 Å². The van der Waals surface area contributed by atoms with E-state index in [9.17, 15) is 18.0 Å². The molecule has 1 amide bonds. The molecular formula is C23H19F4N4O+. The number of H-pyrrole nitrogens is 1. The normalized spacial score (nSPS) is 15.2. The maximum atomic E-state index is 15.2. The highest BCUT2D eigenvalue weighted by Crippen LogP contribution is 2.39. The summed E-state index contributed by atoms with van der Waals surface area (Å²) >= 11 is 0. The summed E-state index contributed by atoms with van der Waals surface area (Å²) in [5.74, 6) is -0.461. The zero-order valence-corrected chi connectivity index (χ0v) is 17.3. The van der Waals surface area contributed by atoms with Crippen LogP contribution in [0.4, 0.5) is 17.6 Å². The van der Waals surface area contributed by atoms with Crippen molar-refractivity contribution in [3.05, 3.63) is 76.5 Å². The lowest BCUT2D eigenvalue weighted by Crippen LogP contribution is -2.58. The average molecular weight is 443 g/mol. The Hall–Kier alpha value is -3.67. The number of carbonyl (C=O) groups is 1. The summed E-state index contributed by atoms with van der Waals surface area (Å²) in [7, 11) is 1.45. The third kappa shape index (κ3) is 3.73. The maximum Gasteiger partial charge on any atom is 0.424 e. The van der Waals surface area contributed by atoms with E-state index >= 15 is 4.39 Å². The van der Waals surface area contributed by atoms with Crippen molar-refractivity contribution in [3.63, 3.8) is 0 Å². The van der Waals surface area contributed by atoms with Crippen LogP contribution in [0.5, 0.6) is 0 Å². The summed E-state index contributed by atoms with van der Waals surface area (Å²) in [6, 6.07) is 12.5. The highest BCUT2D eigenvalue weighted by Gasteiger charge is 2.47. The number of likely N-dealkylation sites (tertiary alicyclic amines) is 1. The minimum atomic E-state index is -4.56. The number of carbonyl (C=O) groups excluding carboxylic acids is 1. The Labute approximate surface area is 181 Å². The first-order chi connectivity index (χ1) is 15.0. The van der Waals surface area contributed by atoms with Gasteiger partial charge in [0.2, 0.25) is 6.20 Å². The molecule has 0 bridgehead atoms. The van der Waals surface area contributed by atoms with E-state index in [2.05, 4.69) is 5.10 Å². The molecule has 1 aliphatic rings. The number of halogens is 4. The second-order valence-electron chi connectivity index (χ2n) is 7.98. The Morgan fingerprint density at radius 3 is 2.44 bits per heavy atom. The van der Waals surface area contributed by atoms with Crippen LogP contribution < -0.4 is 4.68 Å². The highest BCUT2D eigenvalue weighted by molar-refractivity contribution is 5.96. The molecule has 5 nitrogen and oxygen atoms in total. The van der Waals surface area contributed by atoms with Gasteiger partial charge in [0.25, 0.3) is 5.91 Å². The molecule has 0 radical (unpaired) electrons. The fraction of sp³-hybridized carbons (Fsp3) is 0.261. The molecule has 0 spiro atoms. The van der Waals surface area contributed by atoms with Gasteiger partial charge in [0.05, 0.1) is 24.7 Å². The summed E-state index contributed by atoms with van der Waals surface area (Å²) in [5.41, 5.74) is -0.912. The molecule has 2 heterocycles. The molecule has 32 heavy (non-hydrogen) atoms. The Morgan fingerprint density at radius 2 is 1.84 bits per heavy atom.